The summed E-state index contributed by atoms with van der Waals surface area (Å²) < 4.78 is 5.29. The van der Waals surface area contributed by atoms with Gasteiger partial charge in [-0.3, -0.25) is 0 Å². The number of ether oxygens (including phenoxy) is 1. The second kappa shape index (κ2) is 6.05. The molecule has 0 unspecified atom stereocenters. The molecule has 0 fully saturated rings. The maximum atomic E-state index is 11.9. The number of esters is 1. The van der Waals surface area contributed by atoms with Crippen molar-refractivity contribution < 1.29 is 9.53 Å². The summed E-state index contributed by atoms with van der Waals surface area (Å²) in [6.07, 6.45) is 6.45. The molecule has 0 atom stereocenters. The topological polar surface area (TPSA) is 29.5 Å². The van der Waals surface area contributed by atoms with E-state index in [1.807, 2.05) is 60.6 Å². The smallest absolute Gasteiger partial charge is 0.336 e. The first kappa shape index (κ1) is 12.4. The summed E-state index contributed by atoms with van der Waals surface area (Å²) in [4.78, 5) is 13.9. The van der Waals surface area contributed by atoms with Gasteiger partial charge in [0.15, 0.2) is 0 Å². The molecule has 1 aromatic rings. The molecule has 3 heteroatoms. The second-order valence-electron chi connectivity index (χ2n) is 4.14. The van der Waals surface area contributed by atoms with Crippen LogP contribution in [0.3, 0.4) is 0 Å². The van der Waals surface area contributed by atoms with Crippen LogP contribution in [0.15, 0.2) is 54.4 Å². The summed E-state index contributed by atoms with van der Waals surface area (Å²) in [6, 6.07) is 9.70. The second-order valence-corrected chi connectivity index (χ2v) is 4.14. The fourth-order valence-electron chi connectivity index (χ4n) is 1.76. The lowest BCUT2D eigenvalue weighted by Gasteiger charge is -2.18. The molecule has 18 heavy (non-hydrogen) atoms. The van der Waals surface area contributed by atoms with Crippen LogP contribution >= 0.6 is 0 Å². The van der Waals surface area contributed by atoms with E-state index in [0.717, 1.165) is 12.1 Å². The van der Waals surface area contributed by atoms with Gasteiger partial charge >= 0.3 is 5.97 Å². The standard InChI is InChI=1S/C15H17NO2/c1-2-16-10-6-9-14(11-16)15(17)18-12-13-7-4-3-5-8-13/h3-8,10-11H,2,9,12H2,1H3. The SMILES string of the molecule is CCN1C=CCC(C(=O)OCc2ccccc2)=C1. The van der Waals surface area contributed by atoms with E-state index in [-0.39, 0.29) is 5.97 Å². The lowest BCUT2D eigenvalue weighted by molar-refractivity contribution is -0.140. The number of benzene rings is 1. The summed E-state index contributed by atoms with van der Waals surface area (Å²) in [5.74, 6) is -0.235. The lowest BCUT2D eigenvalue weighted by Crippen LogP contribution is -2.17. The van der Waals surface area contributed by atoms with E-state index in [4.69, 9.17) is 4.74 Å². The van der Waals surface area contributed by atoms with E-state index in [0.29, 0.717) is 18.6 Å². The Hall–Kier alpha value is -2.03. The quantitative estimate of drug-likeness (QED) is 0.761. The van der Waals surface area contributed by atoms with Gasteiger partial charge in [-0.2, -0.15) is 0 Å². The van der Waals surface area contributed by atoms with Crippen molar-refractivity contribution >= 4 is 5.97 Å². The van der Waals surface area contributed by atoms with Crippen LogP contribution in [0.4, 0.5) is 0 Å². The molecule has 0 N–H and O–H groups in total. The molecule has 0 saturated heterocycles. The number of nitrogens with zero attached hydrogens (tertiary/aromatic N) is 1. The van der Waals surface area contributed by atoms with Gasteiger partial charge in [0, 0.05) is 19.2 Å². The Balaban J connectivity index is 1.91. The fraction of sp³-hybridized carbons (Fsp3) is 0.267. The molecule has 3 nitrogen and oxygen atoms in total. The van der Waals surface area contributed by atoms with Gasteiger partial charge in [0.1, 0.15) is 6.61 Å². The minimum absolute atomic E-state index is 0.235. The van der Waals surface area contributed by atoms with Gasteiger partial charge in [-0.05, 0) is 18.7 Å². The van der Waals surface area contributed by atoms with Gasteiger partial charge in [-0.15, -0.1) is 0 Å². The van der Waals surface area contributed by atoms with Gasteiger partial charge in [0.05, 0.1) is 5.57 Å². The zero-order valence-electron chi connectivity index (χ0n) is 10.5. The van der Waals surface area contributed by atoms with E-state index < -0.39 is 0 Å². The van der Waals surface area contributed by atoms with Crippen molar-refractivity contribution in [2.45, 2.75) is 20.0 Å². The Morgan fingerprint density at radius 2 is 2.11 bits per heavy atom. The van der Waals surface area contributed by atoms with Gasteiger partial charge in [0.2, 0.25) is 0 Å². The highest BCUT2D eigenvalue weighted by atomic mass is 16.5. The van der Waals surface area contributed by atoms with Crippen LogP contribution in [-0.4, -0.2) is 17.4 Å². The molecule has 0 bridgehead atoms. The Bertz CT molecular complexity index is 463. The molecule has 0 spiro atoms. The van der Waals surface area contributed by atoms with Gasteiger partial charge in [0.25, 0.3) is 0 Å². The molecule has 94 valence electrons. The first-order valence-electron chi connectivity index (χ1n) is 6.13. The van der Waals surface area contributed by atoms with E-state index in [1.165, 1.54) is 0 Å². The van der Waals surface area contributed by atoms with Crippen molar-refractivity contribution in [3.05, 3.63) is 59.9 Å². The molecule has 1 aromatic carbocycles. The van der Waals surface area contributed by atoms with Crippen LogP contribution < -0.4 is 0 Å². The highest BCUT2D eigenvalue weighted by Gasteiger charge is 2.13. The number of hydrogen-bond donors (Lipinski definition) is 0. The van der Waals surface area contributed by atoms with Crippen LogP contribution in [0.1, 0.15) is 18.9 Å². The van der Waals surface area contributed by atoms with Gasteiger partial charge in [-0.25, -0.2) is 4.79 Å². The van der Waals surface area contributed by atoms with E-state index in [2.05, 4.69) is 0 Å². The van der Waals surface area contributed by atoms with Crippen molar-refractivity contribution in [1.82, 2.24) is 4.90 Å². The summed E-state index contributed by atoms with van der Waals surface area (Å²) in [7, 11) is 0. The fourth-order valence-corrected chi connectivity index (χ4v) is 1.76. The highest BCUT2D eigenvalue weighted by Crippen LogP contribution is 2.14. The first-order chi connectivity index (χ1) is 8.79. The molecular formula is C15H17NO2. The first-order valence-corrected chi connectivity index (χ1v) is 6.13. The molecule has 1 aliphatic rings. The summed E-state index contributed by atoms with van der Waals surface area (Å²) in [5.41, 5.74) is 1.71. The number of allylic oxidation sites excluding steroid dienone is 1. The largest absolute Gasteiger partial charge is 0.457 e. The summed E-state index contributed by atoms with van der Waals surface area (Å²) in [6.45, 7) is 3.22. The molecule has 0 saturated carbocycles. The zero-order chi connectivity index (χ0) is 12.8. The number of rotatable bonds is 4. The number of carbonyl (C=O) groups is 1. The van der Waals surface area contributed by atoms with Crippen molar-refractivity contribution in [1.29, 1.82) is 0 Å². The minimum Gasteiger partial charge on any atom is -0.457 e. The van der Waals surface area contributed by atoms with Crippen molar-refractivity contribution in [2.75, 3.05) is 6.54 Å². The molecular weight excluding hydrogens is 226 g/mol. The normalized spacial score (nSPS) is 14.3. The molecule has 1 heterocycles. The van der Waals surface area contributed by atoms with E-state index >= 15 is 0 Å². The third-order valence-corrected chi connectivity index (χ3v) is 2.80. The predicted octanol–water partition coefficient (Wildman–Crippen LogP) is 2.85. The zero-order valence-corrected chi connectivity index (χ0v) is 10.5. The highest BCUT2D eigenvalue weighted by molar-refractivity contribution is 5.88. The van der Waals surface area contributed by atoms with Gasteiger partial charge < -0.3 is 9.64 Å². The number of hydrogen-bond acceptors (Lipinski definition) is 3. The van der Waals surface area contributed by atoms with Crippen molar-refractivity contribution in [2.24, 2.45) is 0 Å². The maximum absolute atomic E-state index is 11.9. The third kappa shape index (κ3) is 3.23. The monoisotopic (exact) mass is 243 g/mol. The van der Waals surface area contributed by atoms with Crippen molar-refractivity contribution in [3.63, 3.8) is 0 Å². The lowest BCUT2D eigenvalue weighted by atomic mass is 10.1. The Labute approximate surface area is 107 Å². The maximum Gasteiger partial charge on any atom is 0.336 e. The summed E-state index contributed by atoms with van der Waals surface area (Å²) in [5, 5.41) is 0. The molecule has 0 amide bonds. The van der Waals surface area contributed by atoms with Crippen LogP contribution in [0.2, 0.25) is 0 Å². The molecule has 0 aromatic heterocycles. The third-order valence-electron chi connectivity index (χ3n) is 2.80. The molecule has 1 aliphatic heterocycles. The molecule has 0 aliphatic carbocycles. The molecule has 0 radical (unpaired) electrons. The Kier molecular flexibility index (Phi) is 4.18. The van der Waals surface area contributed by atoms with Gasteiger partial charge in [-0.1, -0.05) is 36.4 Å². The van der Waals surface area contributed by atoms with Crippen molar-refractivity contribution in [3.8, 4) is 0 Å². The summed E-state index contributed by atoms with van der Waals surface area (Å²) >= 11 is 0. The minimum atomic E-state index is -0.235. The van der Waals surface area contributed by atoms with Crippen LogP contribution in [0.5, 0.6) is 0 Å². The number of carbonyl (C=O) groups excluding carboxylic acids is 1. The van der Waals surface area contributed by atoms with Crippen LogP contribution in [0, 0.1) is 0 Å². The van der Waals surface area contributed by atoms with E-state index in [9.17, 15) is 4.79 Å². The van der Waals surface area contributed by atoms with E-state index in [1.54, 1.807) is 0 Å². The predicted molar refractivity (Wildman–Crippen MR) is 70.5 cm³/mol. The van der Waals surface area contributed by atoms with Crippen LogP contribution in [0.25, 0.3) is 0 Å². The van der Waals surface area contributed by atoms with Crippen LogP contribution in [-0.2, 0) is 16.1 Å². The Morgan fingerprint density at radius 3 is 2.83 bits per heavy atom. The average Bonchev–Trinajstić information content (AvgIpc) is 2.46. The molecule has 2 rings (SSSR count). The average molecular weight is 243 g/mol. The Morgan fingerprint density at radius 1 is 1.33 bits per heavy atom.